The molecule has 0 saturated carbocycles. The van der Waals surface area contributed by atoms with Crippen LogP contribution < -0.4 is 4.90 Å². The van der Waals surface area contributed by atoms with Crippen LogP contribution in [-0.4, -0.2) is 37.6 Å². The van der Waals surface area contributed by atoms with E-state index in [-0.39, 0.29) is 0 Å². The zero-order chi connectivity index (χ0) is 12.3. The molecule has 1 saturated heterocycles. The van der Waals surface area contributed by atoms with Gasteiger partial charge in [-0.1, -0.05) is 35.3 Å². The van der Waals surface area contributed by atoms with E-state index in [1.807, 2.05) is 24.3 Å². The van der Waals surface area contributed by atoms with Gasteiger partial charge in [-0.2, -0.15) is 0 Å². The summed E-state index contributed by atoms with van der Waals surface area (Å²) in [6, 6.07) is 5.79. The van der Waals surface area contributed by atoms with E-state index < -0.39 is 0 Å². The van der Waals surface area contributed by atoms with Crippen molar-refractivity contribution in [2.45, 2.75) is 0 Å². The van der Waals surface area contributed by atoms with Gasteiger partial charge < -0.3 is 4.90 Å². The first-order valence-corrected chi connectivity index (χ1v) is 6.50. The van der Waals surface area contributed by atoms with Crippen molar-refractivity contribution < 1.29 is 0 Å². The van der Waals surface area contributed by atoms with Crippen molar-refractivity contribution >= 4 is 28.9 Å². The Hall–Kier alpha value is -0.700. The maximum Gasteiger partial charge on any atom is 0.0825 e. The summed E-state index contributed by atoms with van der Waals surface area (Å²) < 4.78 is 0. The molecular formula is C13H16Cl2N2. The summed E-state index contributed by atoms with van der Waals surface area (Å²) in [4.78, 5) is 4.66. The largest absolute Gasteiger partial charge is 0.368 e. The lowest BCUT2D eigenvalue weighted by atomic mass is 10.2. The second-order valence-electron chi connectivity index (χ2n) is 4.15. The first kappa shape index (κ1) is 12.7. The molecule has 17 heavy (non-hydrogen) atoms. The van der Waals surface area contributed by atoms with E-state index in [9.17, 15) is 0 Å². The predicted octanol–water partition coefficient (Wildman–Crippen LogP) is 3.30. The van der Waals surface area contributed by atoms with Gasteiger partial charge in [0.05, 0.1) is 15.7 Å². The molecule has 2 rings (SSSR count). The molecule has 0 spiro atoms. The summed E-state index contributed by atoms with van der Waals surface area (Å²) in [7, 11) is 0. The normalized spacial score (nSPS) is 17.2. The molecule has 1 heterocycles. The number of piperazine rings is 1. The fourth-order valence-corrected chi connectivity index (χ4v) is 2.51. The molecule has 1 aromatic carbocycles. The summed E-state index contributed by atoms with van der Waals surface area (Å²) in [6.45, 7) is 8.75. The van der Waals surface area contributed by atoms with Crippen molar-refractivity contribution in [1.82, 2.24) is 4.90 Å². The molecule has 1 aromatic rings. The van der Waals surface area contributed by atoms with Crippen LogP contribution in [-0.2, 0) is 0 Å². The first-order chi connectivity index (χ1) is 8.22. The van der Waals surface area contributed by atoms with Gasteiger partial charge in [-0.25, -0.2) is 0 Å². The van der Waals surface area contributed by atoms with Gasteiger partial charge in [-0.15, -0.1) is 6.58 Å². The number of halogens is 2. The van der Waals surface area contributed by atoms with Gasteiger partial charge in [0.25, 0.3) is 0 Å². The molecule has 1 aliphatic heterocycles. The van der Waals surface area contributed by atoms with Crippen molar-refractivity contribution in [3.63, 3.8) is 0 Å². The van der Waals surface area contributed by atoms with Crippen LogP contribution in [0.15, 0.2) is 30.9 Å². The molecule has 0 atom stereocenters. The van der Waals surface area contributed by atoms with Crippen LogP contribution in [0, 0.1) is 0 Å². The fourth-order valence-electron chi connectivity index (χ4n) is 2.09. The average Bonchev–Trinajstić information content (AvgIpc) is 2.34. The predicted molar refractivity (Wildman–Crippen MR) is 75.3 cm³/mol. The van der Waals surface area contributed by atoms with Gasteiger partial charge in [0.15, 0.2) is 0 Å². The van der Waals surface area contributed by atoms with Gasteiger partial charge in [-0.05, 0) is 12.1 Å². The Morgan fingerprint density at radius 2 is 1.88 bits per heavy atom. The molecule has 0 unspecified atom stereocenters. The molecule has 0 amide bonds. The van der Waals surface area contributed by atoms with Crippen LogP contribution in [0.2, 0.25) is 10.0 Å². The molecule has 1 fully saturated rings. The van der Waals surface area contributed by atoms with Crippen LogP contribution in [0.5, 0.6) is 0 Å². The minimum Gasteiger partial charge on any atom is -0.368 e. The van der Waals surface area contributed by atoms with Gasteiger partial charge in [0.1, 0.15) is 0 Å². The van der Waals surface area contributed by atoms with Gasteiger partial charge in [0, 0.05) is 32.7 Å². The van der Waals surface area contributed by atoms with E-state index in [4.69, 9.17) is 23.2 Å². The molecule has 0 bridgehead atoms. The fraction of sp³-hybridized carbons (Fsp3) is 0.385. The van der Waals surface area contributed by atoms with Crippen molar-refractivity contribution in [3.8, 4) is 0 Å². The van der Waals surface area contributed by atoms with E-state index in [1.54, 1.807) is 0 Å². The van der Waals surface area contributed by atoms with Crippen molar-refractivity contribution in [1.29, 1.82) is 0 Å². The van der Waals surface area contributed by atoms with Crippen LogP contribution in [0.3, 0.4) is 0 Å². The highest BCUT2D eigenvalue weighted by Crippen LogP contribution is 2.32. The van der Waals surface area contributed by atoms with Gasteiger partial charge in [0.2, 0.25) is 0 Å². The SMILES string of the molecule is C=CCN1CCN(c2cccc(Cl)c2Cl)CC1. The molecule has 0 N–H and O–H groups in total. The second-order valence-corrected chi connectivity index (χ2v) is 4.93. The lowest BCUT2D eigenvalue weighted by Gasteiger charge is -2.36. The molecule has 92 valence electrons. The molecular weight excluding hydrogens is 255 g/mol. The second kappa shape index (κ2) is 5.76. The van der Waals surface area contributed by atoms with E-state index in [0.717, 1.165) is 38.4 Å². The maximum absolute atomic E-state index is 6.22. The van der Waals surface area contributed by atoms with E-state index in [1.165, 1.54) is 0 Å². The molecule has 0 aliphatic carbocycles. The van der Waals surface area contributed by atoms with Crippen LogP contribution >= 0.6 is 23.2 Å². The smallest absolute Gasteiger partial charge is 0.0825 e. The van der Waals surface area contributed by atoms with Crippen LogP contribution in [0.1, 0.15) is 0 Å². The van der Waals surface area contributed by atoms with Crippen molar-refractivity contribution in [2.75, 3.05) is 37.6 Å². The van der Waals surface area contributed by atoms with Gasteiger partial charge in [-0.3, -0.25) is 4.90 Å². The van der Waals surface area contributed by atoms with Gasteiger partial charge >= 0.3 is 0 Å². The zero-order valence-corrected chi connectivity index (χ0v) is 11.2. The molecule has 1 aliphatic rings. The topological polar surface area (TPSA) is 6.48 Å². The minimum atomic E-state index is 0.623. The molecule has 0 radical (unpaired) electrons. The quantitative estimate of drug-likeness (QED) is 0.778. The molecule has 4 heteroatoms. The number of hydrogen-bond donors (Lipinski definition) is 0. The lowest BCUT2D eigenvalue weighted by molar-refractivity contribution is 0.284. The first-order valence-electron chi connectivity index (χ1n) is 5.74. The van der Waals surface area contributed by atoms with Crippen molar-refractivity contribution in [2.24, 2.45) is 0 Å². The van der Waals surface area contributed by atoms with E-state index in [2.05, 4.69) is 16.4 Å². The number of anilines is 1. The summed E-state index contributed by atoms with van der Waals surface area (Å²) in [5, 5.41) is 1.28. The highest BCUT2D eigenvalue weighted by Gasteiger charge is 2.18. The number of nitrogens with zero attached hydrogens (tertiary/aromatic N) is 2. The summed E-state index contributed by atoms with van der Waals surface area (Å²) in [5.74, 6) is 0. The summed E-state index contributed by atoms with van der Waals surface area (Å²) in [6.07, 6.45) is 1.95. The highest BCUT2D eigenvalue weighted by atomic mass is 35.5. The number of rotatable bonds is 3. The number of hydrogen-bond acceptors (Lipinski definition) is 2. The third kappa shape index (κ3) is 2.95. The Balaban J connectivity index is 2.05. The number of benzene rings is 1. The van der Waals surface area contributed by atoms with Crippen LogP contribution in [0.25, 0.3) is 0 Å². The standard InChI is InChI=1S/C13H16Cl2N2/c1-2-6-16-7-9-17(10-8-16)12-5-3-4-11(14)13(12)15/h2-5H,1,6-10H2. The highest BCUT2D eigenvalue weighted by molar-refractivity contribution is 6.43. The minimum absolute atomic E-state index is 0.623. The van der Waals surface area contributed by atoms with E-state index >= 15 is 0 Å². The Morgan fingerprint density at radius 3 is 2.53 bits per heavy atom. The Labute approximate surface area is 112 Å². The Kier molecular flexibility index (Phi) is 4.32. The summed E-state index contributed by atoms with van der Waals surface area (Å²) >= 11 is 12.2. The monoisotopic (exact) mass is 270 g/mol. The average molecular weight is 271 g/mol. The van der Waals surface area contributed by atoms with Crippen LogP contribution in [0.4, 0.5) is 5.69 Å². The third-order valence-electron chi connectivity index (χ3n) is 3.03. The maximum atomic E-state index is 6.22. The van der Waals surface area contributed by atoms with E-state index in [0.29, 0.717) is 10.0 Å². The summed E-state index contributed by atoms with van der Waals surface area (Å²) in [5.41, 5.74) is 1.04. The Morgan fingerprint density at radius 1 is 1.18 bits per heavy atom. The Bertz CT molecular complexity index is 398. The zero-order valence-electron chi connectivity index (χ0n) is 9.70. The third-order valence-corrected chi connectivity index (χ3v) is 3.84. The molecule has 2 nitrogen and oxygen atoms in total. The van der Waals surface area contributed by atoms with Crippen molar-refractivity contribution in [3.05, 3.63) is 40.9 Å². The lowest BCUT2D eigenvalue weighted by Crippen LogP contribution is -2.46. The molecule has 0 aromatic heterocycles.